The zero-order valence-corrected chi connectivity index (χ0v) is 14.2. The summed E-state index contributed by atoms with van der Waals surface area (Å²) in [5.74, 6) is -2.41. The maximum absolute atomic E-state index is 14.0. The summed E-state index contributed by atoms with van der Waals surface area (Å²) in [4.78, 5) is 2.09. The lowest BCUT2D eigenvalue weighted by atomic mass is 9.97. The van der Waals surface area contributed by atoms with Crippen molar-refractivity contribution < 1.29 is 13.2 Å². The lowest BCUT2D eigenvalue weighted by Crippen LogP contribution is -2.45. The van der Waals surface area contributed by atoms with E-state index in [1.165, 1.54) is 0 Å². The monoisotopic (exact) mass is 358 g/mol. The average molecular weight is 359 g/mol. The van der Waals surface area contributed by atoms with E-state index in [1.54, 1.807) is 0 Å². The second-order valence-electron chi connectivity index (χ2n) is 5.23. The van der Waals surface area contributed by atoms with Gasteiger partial charge in [-0.1, -0.05) is 19.8 Å². The Labute approximate surface area is 142 Å². The van der Waals surface area contributed by atoms with Crippen LogP contribution < -0.4 is 5.32 Å². The molecule has 1 N–H and O–H groups in total. The van der Waals surface area contributed by atoms with Gasteiger partial charge in [-0.05, 0) is 6.42 Å². The molecule has 2 nitrogen and oxygen atoms in total. The molecule has 0 bridgehead atoms. The van der Waals surface area contributed by atoms with Gasteiger partial charge >= 0.3 is 0 Å². The predicted molar refractivity (Wildman–Crippen MR) is 87.5 cm³/mol. The lowest BCUT2D eigenvalue weighted by molar-refractivity contribution is 0.156. The number of halogens is 5. The molecule has 1 saturated heterocycles. The largest absolute Gasteiger partial charge is 0.314 e. The minimum absolute atomic E-state index is 0. The van der Waals surface area contributed by atoms with E-state index in [0.717, 1.165) is 51.2 Å². The fraction of sp³-hybridized carbons (Fsp3) is 0.600. The first-order valence-electron chi connectivity index (χ1n) is 7.22. The van der Waals surface area contributed by atoms with Crippen LogP contribution in [0.5, 0.6) is 0 Å². The smallest absolute Gasteiger partial charge is 0.133 e. The number of unbranched alkanes of at least 4 members (excludes halogenated alkanes) is 1. The third-order valence-electron chi connectivity index (χ3n) is 3.80. The average Bonchev–Trinajstić information content (AvgIpc) is 2.42. The van der Waals surface area contributed by atoms with Crippen LogP contribution in [-0.2, 0) is 0 Å². The minimum atomic E-state index is -0.863. The van der Waals surface area contributed by atoms with E-state index >= 15 is 0 Å². The van der Waals surface area contributed by atoms with Crippen molar-refractivity contribution in [2.75, 3.05) is 26.2 Å². The zero-order chi connectivity index (χ0) is 14.5. The molecule has 0 aromatic heterocycles. The Bertz CT molecular complexity index is 431. The first-order valence-corrected chi connectivity index (χ1v) is 7.22. The molecule has 0 radical (unpaired) electrons. The molecule has 1 fully saturated rings. The van der Waals surface area contributed by atoms with Crippen LogP contribution in [0.4, 0.5) is 13.2 Å². The van der Waals surface area contributed by atoms with Crippen LogP contribution in [0.25, 0.3) is 0 Å². The molecule has 0 spiro atoms. The predicted octanol–water partition coefficient (Wildman–Crippen LogP) is 4.08. The van der Waals surface area contributed by atoms with Crippen molar-refractivity contribution in [1.82, 2.24) is 10.2 Å². The zero-order valence-electron chi connectivity index (χ0n) is 12.6. The number of nitrogens with zero attached hydrogens (tertiary/aromatic N) is 1. The first-order chi connectivity index (χ1) is 9.63. The summed E-state index contributed by atoms with van der Waals surface area (Å²) in [6.45, 7) is 5.18. The molecule has 7 heteroatoms. The van der Waals surface area contributed by atoms with Gasteiger partial charge in [0.25, 0.3) is 0 Å². The van der Waals surface area contributed by atoms with Crippen LogP contribution in [0.3, 0.4) is 0 Å². The molecule has 1 aliphatic heterocycles. The maximum atomic E-state index is 14.0. The molecule has 2 rings (SSSR count). The number of hydrogen-bond donors (Lipinski definition) is 1. The van der Waals surface area contributed by atoms with E-state index in [2.05, 4.69) is 10.2 Å². The van der Waals surface area contributed by atoms with Crippen molar-refractivity contribution >= 4 is 24.8 Å². The van der Waals surface area contributed by atoms with Crippen molar-refractivity contribution in [3.8, 4) is 0 Å². The SMILES string of the molecule is CCCC[C@@H](c1c(F)cc(F)cc1F)N1CCNCC1.Cl.Cl. The Morgan fingerprint density at radius 1 is 1.09 bits per heavy atom. The highest BCUT2D eigenvalue weighted by Crippen LogP contribution is 2.31. The molecule has 1 aromatic rings. The Hall–Kier alpha value is -0.490. The third-order valence-corrected chi connectivity index (χ3v) is 3.80. The molecule has 0 unspecified atom stereocenters. The van der Waals surface area contributed by atoms with Gasteiger partial charge in [0.05, 0.1) is 0 Å². The molecular formula is C15H23Cl2F3N2. The highest BCUT2D eigenvalue weighted by atomic mass is 35.5. The van der Waals surface area contributed by atoms with Crippen LogP contribution in [0.1, 0.15) is 37.8 Å². The second kappa shape index (κ2) is 10.3. The summed E-state index contributed by atoms with van der Waals surface area (Å²) in [7, 11) is 0. The second-order valence-corrected chi connectivity index (χ2v) is 5.23. The summed E-state index contributed by atoms with van der Waals surface area (Å²) >= 11 is 0. The van der Waals surface area contributed by atoms with Gasteiger partial charge in [-0.3, -0.25) is 4.90 Å². The molecule has 1 atom stereocenters. The fourth-order valence-corrected chi connectivity index (χ4v) is 2.77. The van der Waals surface area contributed by atoms with Crippen molar-refractivity contribution in [3.05, 3.63) is 35.1 Å². The van der Waals surface area contributed by atoms with Gasteiger partial charge in [-0.2, -0.15) is 0 Å². The van der Waals surface area contributed by atoms with E-state index in [0.29, 0.717) is 6.42 Å². The van der Waals surface area contributed by atoms with Gasteiger partial charge < -0.3 is 5.32 Å². The minimum Gasteiger partial charge on any atom is -0.314 e. The number of rotatable bonds is 5. The third kappa shape index (κ3) is 5.30. The Morgan fingerprint density at radius 2 is 1.64 bits per heavy atom. The van der Waals surface area contributed by atoms with E-state index in [9.17, 15) is 13.2 Å². The van der Waals surface area contributed by atoms with Gasteiger partial charge in [0, 0.05) is 49.9 Å². The molecule has 22 heavy (non-hydrogen) atoms. The summed E-state index contributed by atoms with van der Waals surface area (Å²) in [6, 6.07) is 1.25. The van der Waals surface area contributed by atoms with Crippen molar-refractivity contribution in [2.45, 2.75) is 32.2 Å². The van der Waals surface area contributed by atoms with Gasteiger partial charge in [-0.25, -0.2) is 13.2 Å². The normalized spacial score (nSPS) is 16.5. The first kappa shape index (κ1) is 21.5. The van der Waals surface area contributed by atoms with Gasteiger partial charge in [0.15, 0.2) is 0 Å². The van der Waals surface area contributed by atoms with Crippen LogP contribution in [0.15, 0.2) is 12.1 Å². The standard InChI is InChI=1S/C15H21F3N2.2ClH/c1-2-3-4-14(20-7-5-19-6-8-20)15-12(17)9-11(16)10-13(15)18;;/h9-10,14,19H,2-8H2,1H3;2*1H/t14-;;/m0../s1. The summed E-state index contributed by atoms with van der Waals surface area (Å²) < 4.78 is 41.1. The molecule has 1 aliphatic rings. The lowest BCUT2D eigenvalue weighted by Gasteiger charge is -2.35. The Kier molecular flexibility index (Phi) is 10.1. The van der Waals surface area contributed by atoms with Gasteiger partial charge in [0.2, 0.25) is 0 Å². The van der Waals surface area contributed by atoms with E-state index < -0.39 is 17.5 Å². The molecule has 0 aliphatic carbocycles. The van der Waals surface area contributed by atoms with Crippen LogP contribution in [0, 0.1) is 17.5 Å². The van der Waals surface area contributed by atoms with Crippen LogP contribution in [-0.4, -0.2) is 31.1 Å². The summed E-state index contributed by atoms with van der Waals surface area (Å²) in [5, 5.41) is 3.23. The van der Waals surface area contributed by atoms with Gasteiger partial charge in [-0.15, -0.1) is 24.8 Å². The van der Waals surface area contributed by atoms with Crippen LogP contribution in [0.2, 0.25) is 0 Å². The van der Waals surface area contributed by atoms with Crippen LogP contribution >= 0.6 is 24.8 Å². The maximum Gasteiger partial charge on any atom is 0.133 e. The highest BCUT2D eigenvalue weighted by Gasteiger charge is 2.27. The Balaban J connectivity index is 0.00000220. The molecule has 0 amide bonds. The molecule has 0 saturated carbocycles. The molecule has 128 valence electrons. The topological polar surface area (TPSA) is 15.3 Å². The number of hydrogen-bond acceptors (Lipinski definition) is 2. The summed E-state index contributed by atoms with van der Waals surface area (Å²) in [6.07, 6.45) is 2.55. The number of piperazine rings is 1. The van der Waals surface area contributed by atoms with E-state index in [4.69, 9.17) is 0 Å². The van der Waals surface area contributed by atoms with E-state index in [1.807, 2.05) is 6.92 Å². The van der Waals surface area contributed by atoms with Crippen molar-refractivity contribution in [1.29, 1.82) is 0 Å². The number of benzene rings is 1. The fourth-order valence-electron chi connectivity index (χ4n) is 2.77. The molecule has 1 heterocycles. The number of nitrogens with one attached hydrogen (secondary N) is 1. The Morgan fingerprint density at radius 3 is 2.14 bits per heavy atom. The quantitative estimate of drug-likeness (QED) is 0.852. The highest BCUT2D eigenvalue weighted by molar-refractivity contribution is 5.85. The molecule has 1 aromatic carbocycles. The van der Waals surface area contributed by atoms with Gasteiger partial charge in [0.1, 0.15) is 17.5 Å². The van der Waals surface area contributed by atoms with Crippen molar-refractivity contribution in [2.24, 2.45) is 0 Å². The van der Waals surface area contributed by atoms with Crippen molar-refractivity contribution in [3.63, 3.8) is 0 Å². The molecular weight excluding hydrogens is 336 g/mol. The summed E-state index contributed by atoms with van der Waals surface area (Å²) in [5.41, 5.74) is 0.0155. The van der Waals surface area contributed by atoms with E-state index in [-0.39, 0.29) is 36.4 Å².